The lowest BCUT2D eigenvalue weighted by atomic mass is 9.78. The molecule has 1 amide bonds. The number of hydrogen-bond acceptors (Lipinski definition) is 4. The maximum atomic E-state index is 13.1. The van der Waals surface area contributed by atoms with Gasteiger partial charge in [-0.1, -0.05) is 0 Å². The first kappa shape index (κ1) is 20.0. The van der Waals surface area contributed by atoms with Gasteiger partial charge in [-0.15, -0.1) is 24.8 Å². The minimum Gasteiger partial charge on any atom is -0.381 e. The van der Waals surface area contributed by atoms with Crippen LogP contribution in [0.25, 0.3) is 0 Å². The summed E-state index contributed by atoms with van der Waals surface area (Å²) >= 11 is 0. The Bertz CT molecular complexity index is 378. The normalized spacial score (nSPS) is 30.9. The molecule has 3 fully saturated rings. The van der Waals surface area contributed by atoms with Crippen LogP contribution in [0.2, 0.25) is 0 Å². The molecular weight excluding hydrogens is 325 g/mol. The van der Waals surface area contributed by atoms with E-state index in [9.17, 15) is 4.79 Å². The Labute approximate surface area is 145 Å². The standard InChI is InChI=1S/C15H27N3O2.2ClH/c1-12-9-17-6-2-3-13(17)10-18(12)14(19)15(11-16)4-7-20-8-5-15;;/h12-13H,2-11,16H2,1H3;2*1H. The zero-order chi connectivity index (χ0) is 14.2. The van der Waals surface area contributed by atoms with E-state index in [0.29, 0.717) is 31.8 Å². The molecule has 0 radical (unpaired) electrons. The van der Waals surface area contributed by atoms with Gasteiger partial charge in [0, 0.05) is 44.9 Å². The third-order valence-corrected chi connectivity index (χ3v) is 5.49. The van der Waals surface area contributed by atoms with Crippen molar-refractivity contribution in [2.75, 3.05) is 39.4 Å². The van der Waals surface area contributed by atoms with Gasteiger partial charge in [0.1, 0.15) is 0 Å². The van der Waals surface area contributed by atoms with Gasteiger partial charge in [-0.2, -0.15) is 0 Å². The molecule has 0 aromatic carbocycles. The van der Waals surface area contributed by atoms with Gasteiger partial charge in [-0.05, 0) is 39.2 Å². The number of nitrogens with two attached hydrogens (primary N) is 1. The van der Waals surface area contributed by atoms with E-state index in [1.807, 2.05) is 0 Å². The number of carbonyl (C=O) groups excluding carboxylic acids is 1. The van der Waals surface area contributed by atoms with Gasteiger partial charge < -0.3 is 15.4 Å². The summed E-state index contributed by atoms with van der Waals surface area (Å²) in [6, 6.07) is 0.882. The first-order valence-corrected chi connectivity index (χ1v) is 7.99. The van der Waals surface area contributed by atoms with Crippen LogP contribution in [0.15, 0.2) is 0 Å². The largest absolute Gasteiger partial charge is 0.381 e. The smallest absolute Gasteiger partial charge is 0.230 e. The molecule has 0 saturated carbocycles. The first-order valence-electron chi connectivity index (χ1n) is 7.99. The molecule has 3 aliphatic rings. The van der Waals surface area contributed by atoms with E-state index in [1.54, 1.807) is 0 Å². The van der Waals surface area contributed by atoms with E-state index < -0.39 is 0 Å². The van der Waals surface area contributed by atoms with Gasteiger partial charge in [-0.3, -0.25) is 9.69 Å². The van der Waals surface area contributed by atoms with E-state index in [0.717, 1.165) is 25.9 Å². The number of rotatable bonds is 2. The van der Waals surface area contributed by atoms with Gasteiger partial charge >= 0.3 is 0 Å². The van der Waals surface area contributed by atoms with Crippen molar-refractivity contribution in [3.63, 3.8) is 0 Å². The average Bonchev–Trinajstić information content (AvgIpc) is 2.93. The van der Waals surface area contributed by atoms with Crippen LogP contribution in [0, 0.1) is 5.41 Å². The lowest BCUT2D eigenvalue weighted by Gasteiger charge is -2.47. The Hall–Kier alpha value is -0.0700. The summed E-state index contributed by atoms with van der Waals surface area (Å²) in [6.45, 7) is 7.08. The molecular formula is C15H29Cl2N3O2. The SMILES string of the molecule is CC1CN2CCCC2CN1C(=O)C1(CN)CCOCC1.Cl.Cl. The third kappa shape index (κ3) is 3.54. The van der Waals surface area contributed by atoms with Crippen LogP contribution < -0.4 is 5.73 Å². The number of ether oxygens (including phenoxy) is 1. The molecule has 0 aromatic rings. The van der Waals surface area contributed by atoms with Crippen molar-refractivity contribution >= 4 is 30.7 Å². The van der Waals surface area contributed by atoms with E-state index in [4.69, 9.17) is 10.5 Å². The fourth-order valence-corrected chi connectivity index (χ4v) is 4.04. The summed E-state index contributed by atoms with van der Waals surface area (Å²) in [5.74, 6) is 0.280. The van der Waals surface area contributed by atoms with E-state index in [-0.39, 0.29) is 36.1 Å². The molecule has 0 spiro atoms. The second-order valence-corrected chi connectivity index (χ2v) is 6.69. The highest BCUT2D eigenvalue weighted by Gasteiger charge is 2.45. The number of nitrogens with zero attached hydrogens (tertiary/aromatic N) is 2. The molecule has 5 nitrogen and oxygen atoms in total. The van der Waals surface area contributed by atoms with Crippen molar-refractivity contribution in [2.24, 2.45) is 11.1 Å². The van der Waals surface area contributed by atoms with Crippen LogP contribution >= 0.6 is 24.8 Å². The molecule has 3 heterocycles. The van der Waals surface area contributed by atoms with E-state index >= 15 is 0 Å². The summed E-state index contributed by atoms with van der Waals surface area (Å²) in [5.41, 5.74) is 5.62. The fourth-order valence-electron chi connectivity index (χ4n) is 4.04. The Morgan fingerprint density at radius 1 is 1.27 bits per heavy atom. The van der Waals surface area contributed by atoms with Crippen LogP contribution in [0.3, 0.4) is 0 Å². The molecule has 22 heavy (non-hydrogen) atoms. The van der Waals surface area contributed by atoms with Crippen molar-refractivity contribution < 1.29 is 9.53 Å². The summed E-state index contributed by atoms with van der Waals surface area (Å²) < 4.78 is 5.43. The minimum absolute atomic E-state index is 0. The molecule has 2 unspecified atom stereocenters. The van der Waals surface area contributed by atoms with Crippen LogP contribution in [-0.2, 0) is 9.53 Å². The first-order chi connectivity index (χ1) is 9.66. The number of carbonyl (C=O) groups is 1. The molecule has 3 saturated heterocycles. The molecule has 3 aliphatic heterocycles. The van der Waals surface area contributed by atoms with Crippen LogP contribution in [0.4, 0.5) is 0 Å². The highest BCUT2D eigenvalue weighted by atomic mass is 35.5. The zero-order valence-corrected chi connectivity index (χ0v) is 15.0. The molecule has 3 rings (SSSR count). The Kier molecular flexibility index (Phi) is 7.40. The molecule has 0 bridgehead atoms. The van der Waals surface area contributed by atoms with Gasteiger partial charge in [0.25, 0.3) is 0 Å². The highest BCUT2D eigenvalue weighted by Crippen LogP contribution is 2.34. The number of hydrogen-bond donors (Lipinski definition) is 1. The quantitative estimate of drug-likeness (QED) is 0.812. The van der Waals surface area contributed by atoms with Gasteiger partial charge in [-0.25, -0.2) is 0 Å². The van der Waals surface area contributed by atoms with Crippen LogP contribution in [0.1, 0.15) is 32.6 Å². The molecule has 130 valence electrons. The van der Waals surface area contributed by atoms with Crippen molar-refractivity contribution in [1.82, 2.24) is 9.80 Å². The van der Waals surface area contributed by atoms with Gasteiger partial charge in [0.15, 0.2) is 0 Å². The second kappa shape index (κ2) is 8.15. The molecule has 7 heteroatoms. The predicted molar refractivity (Wildman–Crippen MR) is 91.8 cm³/mol. The summed E-state index contributed by atoms with van der Waals surface area (Å²) in [5, 5.41) is 0. The average molecular weight is 354 g/mol. The topological polar surface area (TPSA) is 58.8 Å². The monoisotopic (exact) mass is 353 g/mol. The Morgan fingerprint density at radius 3 is 2.59 bits per heavy atom. The highest BCUT2D eigenvalue weighted by molar-refractivity contribution is 5.85. The molecule has 0 aliphatic carbocycles. The minimum atomic E-state index is -0.368. The number of halogens is 2. The summed E-state index contributed by atoms with van der Waals surface area (Å²) in [6.07, 6.45) is 4.06. The summed E-state index contributed by atoms with van der Waals surface area (Å²) in [4.78, 5) is 17.7. The Morgan fingerprint density at radius 2 is 1.95 bits per heavy atom. The summed E-state index contributed by atoms with van der Waals surface area (Å²) in [7, 11) is 0. The number of amides is 1. The van der Waals surface area contributed by atoms with E-state index in [2.05, 4.69) is 16.7 Å². The third-order valence-electron chi connectivity index (χ3n) is 5.49. The van der Waals surface area contributed by atoms with Crippen molar-refractivity contribution in [1.29, 1.82) is 0 Å². The number of fused-ring (bicyclic) bond motifs is 1. The van der Waals surface area contributed by atoms with Crippen molar-refractivity contribution in [3.05, 3.63) is 0 Å². The maximum Gasteiger partial charge on any atom is 0.230 e. The fraction of sp³-hybridized carbons (Fsp3) is 0.933. The molecule has 0 aromatic heterocycles. The van der Waals surface area contributed by atoms with Crippen LogP contribution in [-0.4, -0.2) is 67.2 Å². The predicted octanol–water partition coefficient (Wildman–Crippen LogP) is 1.28. The van der Waals surface area contributed by atoms with Gasteiger partial charge in [0.2, 0.25) is 5.91 Å². The Balaban J connectivity index is 0.00000121. The van der Waals surface area contributed by atoms with Gasteiger partial charge in [0.05, 0.1) is 5.41 Å². The second-order valence-electron chi connectivity index (χ2n) is 6.69. The van der Waals surface area contributed by atoms with Crippen molar-refractivity contribution in [2.45, 2.75) is 44.7 Å². The van der Waals surface area contributed by atoms with E-state index in [1.165, 1.54) is 19.4 Å². The lowest BCUT2D eigenvalue weighted by Crippen LogP contribution is -2.61. The lowest BCUT2D eigenvalue weighted by molar-refractivity contribution is -0.153. The van der Waals surface area contributed by atoms with Crippen LogP contribution in [0.5, 0.6) is 0 Å². The molecule has 2 atom stereocenters. The molecule has 2 N–H and O–H groups in total. The number of piperazine rings is 1. The van der Waals surface area contributed by atoms with Crippen molar-refractivity contribution in [3.8, 4) is 0 Å². The maximum absolute atomic E-state index is 13.1. The zero-order valence-electron chi connectivity index (χ0n) is 13.3.